The van der Waals surface area contributed by atoms with Crippen LogP contribution in [-0.4, -0.2) is 51.6 Å². The molecule has 1 aliphatic rings. The Morgan fingerprint density at radius 3 is 2.31 bits per heavy atom. The molecule has 1 amide bonds. The van der Waals surface area contributed by atoms with E-state index in [0.29, 0.717) is 42.5 Å². The highest BCUT2D eigenvalue weighted by atomic mass is 32.1. The second-order valence-corrected chi connectivity index (χ2v) is 10.9. The third kappa shape index (κ3) is 4.58. The Labute approximate surface area is 208 Å². The number of aryl methyl sites for hydroxylation is 1. The molecule has 0 saturated carbocycles. The first-order valence-electron chi connectivity index (χ1n) is 11.8. The molecule has 0 atom stereocenters. The maximum absolute atomic E-state index is 13.0. The molecule has 0 radical (unpaired) electrons. The van der Waals surface area contributed by atoms with Crippen LogP contribution in [0.25, 0.3) is 15.5 Å². The third-order valence-electron chi connectivity index (χ3n) is 6.50. The van der Waals surface area contributed by atoms with Gasteiger partial charge in [0.25, 0.3) is 11.5 Å². The minimum Gasteiger partial charge on any atom is -0.353 e. The first kappa shape index (κ1) is 23.2. The summed E-state index contributed by atoms with van der Waals surface area (Å²) < 4.78 is 1.37. The van der Waals surface area contributed by atoms with Crippen LogP contribution in [-0.2, 0) is 5.41 Å². The van der Waals surface area contributed by atoms with Crippen molar-refractivity contribution in [1.29, 1.82) is 0 Å². The monoisotopic (exact) mass is 487 g/mol. The van der Waals surface area contributed by atoms with Crippen molar-refractivity contribution >= 4 is 28.0 Å². The molecule has 8 heteroatoms. The average molecular weight is 488 g/mol. The summed E-state index contributed by atoms with van der Waals surface area (Å²) in [5, 5.41) is 5.28. The standard InChI is InChI=1S/C27H29N5O2S/c1-18-7-5-6-8-21(18)24-29-32-23(33)17-22(28-26(32)35-24)30-13-15-31(16-14-30)25(34)19-9-11-20(12-10-19)27(2,3)4/h5-12,17H,13-16H2,1-4H3. The fourth-order valence-corrected chi connectivity index (χ4v) is 5.31. The zero-order chi connectivity index (χ0) is 24.7. The largest absolute Gasteiger partial charge is 0.353 e. The van der Waals surface area contributed by atoms with Crippen LogP contribution in [0.1, 0.15) is 42.3 Å². The summed E-state index contributed by atoms with van der Waals surface area (Å²) in [6, 6.07) is 17.4. The lowest BCUT2D eigenvalue weighted by Gasteiger charge is -2.35. The first-order valence-corrected chi connectivity index (χ1v) is 12.6. The van der Waals surface area contributed by atoms with Gasteiger partial charge in [0.05, 0.1) is 0 Å². The minimum atomic E-state index is -0.196. The molecule has 35 heavy (non-hydrogen) atoms. The minimum absolute atomic E-state index is 0.0407. The van der Waals surface area contributed by atoms with Gasteiger partial charge in [0.2, 0.25) is 4.96 Å². The summed E-state index contributed by atoms with van der Waals surface area (Å²) in [5.41, 5.74) is 3.88. The molecule has 180 valence electrons. The van der Waals surface area contributed by atoms with E-state index in [1.807, 2.05) is 60.4 Å². The molecule has 0 spiro atoms. The zero-order valence-corrected chi connectivity index (χ0v) is 21.3. The number of carbonyl (C=O) groups excluding carboxylic acids is 1. The van der Waals surface area contributed by atoms with E-state index in [0.717, 1.165) is 16.1 Å². The Balaban J connectivity index is 1.31. The molecule has 0 aliphatic carbocycles. The number of carbonyl (C=O) groups is 1. The Kier molecular flexibility index (Phi) is 5.92. The van der Waals surface area contributed by atoms with Gasteiger partial charge in [0, 0.05) is 43.4 Å². The number of amides is 1. The fourth-order valence-electron chi connectivity index (χ4n) is 4.32. The van der Waals surface area contributed by atoms with Crippen molar-refractivity contribution in [2.24, 2.45) is 0 Å². The number of fused-ring (bicyclic) bond motifs is 1. The summed E-state index contributed by atoms with van der Waals surface area (Å²) in [7, 11) is 0. The van der Waals surface area contributed by atoms with Gasteiger partial charge in [-0.25, -0.2) is 4.98 Å². The predicted molar refractivity (Wildman–Crippen MR) is 141 cm³/mol. The first-order chi connectivity index (χ1) is 16.7. The van der Waals surface area contributed by atoms with Crippen LogP contribution in [0.3, 0.4) is 0 Å². The number of aromatic nitrogens is 3. The van der Waals surface area contributed by atoms with Gasteiger partial charge in [0.15, 0.2) is 0 Å². The van der Waals surface area contributed by atoms with E-state index in [9.17, 15) is 9.59 Å². The lowest BCUT2D eigenvalue weighted by Crippen LogP contribution is -2.49. The van der Waals surface area contributed by atoms with Crippen molar-refractivity contribution in [3.8, 4) is 10.6 Å². The van der Waals surface area contributed by atoms with E-state index in [1.165, 1.54) is 27.5 Å². The van der Waals surface area contributed by atoms with Crippen molar-refractivity contribution < 1.29 is 4.79 Å². The number of benzene rings is 2. The number of piperazine rings is 1. The molecular weight excluding hydrogens is 458 g/mol. The highest BCUT2D eigenvalue weighted by Crippen LogP contribution is 2.28. The van der Waals surface area contributed by atoms with E-state index >= 15 is 0 Å². The van der Waals surface area contributed by atoms with Crippen molar-refractivity contribution in [1.82, 2.24) is 19.5 Å². The van der Waals surface area contributed by atoms with Gasteiger partial charge < -0.3 is 9.80 Å². The van der Waals surface area contributed by atoms with Crippen molar-refractivity contribution in [3.63, 3.8) is 0 Å². The highest BCUT2D eigenvalue weighted by Gasteiger charge is 2.24. The average Bonchev–Trinajstić information content (AvgIpc) is 3.28. The Hall–Kier alpha value is -3.52. The van der Waals surface area contributed by atoms with Crippen LogP contribution in [0.4, 0.5) is 5.82 Å². The molecule has 1 fully saturated rings. The molecule has 1 saturated heterocycles. The summed E-state index contributed by atoms with van der Waals surface area (Å²) in [4.78, 5) is 35.1. The van der Waals surface area contributed by atoms with Gasteiger partial charge in [-0.05, 0) is 35.6 Å². The second kappa shape index (κ2) is 8.92. The van der Waals surface area contributed by atoms with Gasteiger partial charge in [-0.2, -0.15) is 9.61 Å². The van der Waals surface area contributed by atoms with Crippen LogP contribution < -0.4 is 10.5 Å². The summed E-state index contributed by atoms with van der Waals surface area (Å²) in [6.07, 6.45) is 0. The number of hydrogen-bond acceptors (Lipinski definition) is 6. The maximum atomic E-state index is 13.0. The van der Waals surface area contributed by atoms with Crippen LogP contribution >= 0.6 is 11.3 Å². The zero-order valence-electron chi connectivity index (χ0n) is 20.5. The van der Waals surface area contributed by atoms with Crippen molar-refractivity contribution in [3.05, 3.63) is 81.6 Å². The number of nitrogens with zero attached hydrogens (tertiary/aromatic N) is 5. The van der Waals surface area contributed by atoms with Gasteiger partial charge in [0.1, 0.15) is 10.8 Å². The number of hydrogen-bond donors (Lipinski definition) is 0. The van der Waals surface area contributed by atoms with Gasteiger partial charge >= 0.3 is 0 Å². The van der Waals surface area contributed by atoms with E-state index in [1.54, 1.807) is 0 Å². The summed E-state index contributed by atoms with van der Waals surface area (Å²) >= 11 is 1.41. The topological polar surface area (TPSA) is 70.8 Å². The smallest absolute Gasteiger partial charge is 0.277 e. The van der Waals surface area contributed by atoms with Gasteiger partial charge in [-0.1, -0.05) is 68.5 Å². The van der Waals surface area contributed by atoms with Gasteiger partial charge in [-0.3, -0.25) is 9.59 Å². The van der Waals surface area contributed by atoms with Crippen LogP contribution in [0.15, 0.2) is 59.4 Å². The number of rotatable bonds is 3. The second-order valence-electron chi connectivity index (χ2n) is 9.98. The molecule has 2 aromatic carbocycles. The molecule has 4 aromatic rings. The summed E-state index contributed by atoms with van der Waals surface area (Å²) in [5.74, 6) is 0.676. The number of anilines is 1. The molecule has 3 heterocycles. The van der Waals surface area contributed by atoms with Crippen molar-refractivity contribution in [2.75, 3.05) is 31.1 Å². The van der Waals surface area contributed by atoms with E-state index < -0.39 is 0 Å². The molecule has 0 bridgehead atoms. The van der Waals surface area contributed by atoms with Crippen LogP contribution in [0, 0.1) is 6.92 Å². The Morgan fingerprint density at radius 1 is 0.971 bits per heavy atom. The lowest BCUT2D eigenvalue weighted by molar-refractivity contribution is 0.0746. The van der Waals surface area contributed by atoms with E-state index in [2.05, 4.69) is 30.8 Å². The molecule has 0 N–H and O–H groups in total. The summed E-state index contributed by atoms with van der Waals surface area (Å²) in [6.45, 7) is 10.9. The van der Waals surface area contributed by atoms with Crippen LogP contribution in [0.2, 0.25) is 0 Å². The van der Waals surface area contributed by atoms with E-state index in [-0.39, 0.29) is 16.9 Å². The fraction of sp³-hybridized carbons (Fsp3) is 0.333. The Bertz CT molecular complexity index is 1440. The SMILES string of the molecule is Cc1ccccc1-c1nn2c(=O)cc(N3CCN(C(=O)c4ccc(C(C)(C)C)cc4)CC3)nc2s1. The quantitative estimate of drug-likeness (QED) is 0.429. The third-order valence-corrected chi connectivity index (χ3v) is 7.44. The molecule has 5 rings (SSSR count). The molecule has 2 aromatic heterocycles. The molecule has 7 nitrogen and oxygen atoms in total. The lowest BCUT2D eigenvalue weighted by atomic mass is 9.86. The highest BCUT2D eigenvalue weighted by molar-refractivity contribution is 7.19. The molecule has 1 aliphatic heterocycles. The van der Waals surface area contributed by atoms with Gasteiger partial charge in [-0.15, -0.1) is 0 Å². The van der Waals surface area contributed by atoms with Crippen LogP contribution in [0.5, 0.6) is 0 Å². The van der Waals surface area contributed by atoms with Crippen molar-refractivity contribution in [2.45, 2.75) is 33.1 Å². The Morgan fingerprint density at radius 2 is 1.66 bits per heavy atom. The predicted octanol–water partition coefficient (Wildman–Crippen LogP) is 4.39. The molecule has 0 unspecified atom stereocenters. The van der Waals surface area contributed by atoms with E-state index in [4.69, 9.17) is 4.98 Å². The molecular formula is C27H29N5O2S. The maximum Gasteiger partial charge on any atom is 0.277 e. The normalized spacial score (nSPS) is 14.5.